The molecule has 0 spiro atoms. The zero-order chi connectivity index (χ0) is 18.0. The van der Waals surface area contributed by atoms with Gasteiger partial charge in [0, 0.05) is 0 Å². The summed E-state index contributed by atoms with van der Waals surface area (Å²) in [5.41, 5.74) is -5.45. The van der Waals surface area contributed by atoms with Gasteiger partial charge in [0.05, 0.1) is 11.0 Å². The van der Waals surface area contributed by atoms with Crippen LogP contribution in [0.3, 0.4) is 0 Å². The highest BCUT2D eigenvalue weighted by atomic mass is 32.3. The van der Waals surface area contributed by atoms with Gasteiger partial charge in [0.2, 0.25) is 0 Å². The fourth-order valence-corrected chi connectivity index (χ4v) is 6.02. The average molecular weight is 386 g/mol. The molecule has 0 N–H and O–H groups in total. The molecule has 24 heavy (non-hydrogen) atoms. The highest BCUT2D eigenvalue weighted by Crippen LogP contribution is 2.56. The molecule has 0 atom stereocenters. The second-order valence-electron chi connectivity index (χ2n) is 6.03. The van der Waals surface area contributed by atoms with E-state index in [9.17, 15) is 21.6 Å². The van der Waals surface area contributed by atoms with Crippen molar-refractivity contribution in [3.63, 3.8) is 0 Å². The fraction of sp³-hybridized carbons (Fsp3) is 0.600. The van der Waals surface area contributed by atoms with Gasteiger partial charge in [0.15, 0.2) is 0 Å². The van der Waals surface area contributed by atoms with E-state index in [1.807, 2.05) is 0 Å². The van der Waals surface area contributed by atoms with Crippen molar-refractivity contribution in [1.82, 2.24) is 0 Å². The molecular formula is C15H21F3O4S2. The lowest BCUT2D eigenvalue weighted by Crippen LogP contribution is -2.27. The number of hydrogen-bond acceptors (Lipinski definition) is 4. The van der Waals surface area contributed by atoms with E-state index in [0.29, 0.717) is 10.6 Å². The van der Waals surface area contributed by atoms with Crippen LogP contribution in [0.4, 0.5) is 13.2 Å². The summed E-state index contributed by atoms with van der Waals surface area (Å²) in [7, 11) is -8.39. The highest BCUT2D eigenvalue weighted by Gasteiger charge is 2.50. The Labute approximate surface area is 142 Å². The van der Waals surface area contributed by atoms with E-state index in [2.05, 4.69) is 3.63 Å². The first kappa shape index (κ1) is 19.4. The van der Waals surface area contributed by atoms with Crippen LogP contribution in [0, 0.1) is 0 Å². The SMILES string of the molecule is CS(C)(OS(=O)(=O)C(F)(F)F)c1ccccc1OC1CCCCC1. The van der Waals surface area contributed by atoms with Gasteiger partial charge >= 0.3 is 15.6 Å². The van der Waals surface area contributed by atoms with Crippen LogP contribution in [0.5, 0.6) is 5.75 Å². The Morgan fingerprint density at radius 3 is 2.21 bits per heavy atom. The third kappa shape index (κ3) is 4.58. The van der Waals surface area contributed by atoms with Gasteiger partial charge in [0.1, 0.15) is 5.75 Å². The van der Waals surface area contributed by atoms with Crippen molar-refractivity contribution in [1.29, 1.82) is 0 Å². The van der Waals surface area contributed by atoms with Gasteiger partial charge in [-0.1, -0.05) is 28.9 Å². The molecule has 0 heterocycles. The molecule has 1 aromatic rings. The Kier molecular flexibility index (Phi) is 5.76. The maximum atomic E-state index is 12.6. The molecule has 1 aliphatic rings. The van der Waals surface area contributed by atoms with E-state index >= 15 is 0 Å². The van der Waals surface area contributed by atoms with E-state index in [0.717, 1.165) is 32.1 Å². The number of halogens is 3. The molecule has 0 aromatic heterocycles. The smallest absolute Gasteiger partial charge is 0.489 e. The Bertz CT molecular complexity index is 666. The highest BCUT2D eigenvalue weighted by molar-refractivity contribution is 8.32. The first-order valence-electron chi connectivity index (χ1n) is 7.54. The number of benzene rings is 1. The van der Waals surface area contributed by atoms with Gasteiger partial charge in [-0.05, 0) is 50.3 Å². The molecular weight excluding hydrogens is 365 g/mol. The van der Waals surface area contributed by atoms with Crippen LogP contribution < -0.4 is 4.74 Å². The van der Waals surface area contributed by atoms with Gasteiger partial charge in [0.25, 0.3) is 0 Å². The minimum Gasteiger partial charge on any atom is -0.489 e. The van der Waals surface area contributed by atoms with Crippen molar-refractivity contribution in [2.75, 3.05) is 12.5 Å². The number of alkyl halides is 3. The number of rotatable bonds is 5. The molecule has 2 rings (SSSR count). The first-order chi connectivity index (χ1) is 11.0. The van der Waals surface area contributed by atoms with Crippen molar-refractivity contribution in [3.05, 3.63) is 24.3 Å². The van der Waals surface area contributed by atoms with Crippen molar-refractivity contribution >= 4 is 20.4 Å². The minimum atomic E-state index is -5.67. The van der Waals surface area contributed by atoms with Crippen LogP contribution in [-0.2, 0) is 13.7 Å². The third-order valence-corrected chi connectivity index (χ3v) is 7.81. The van der Waals surface area contributed by atoms with E-state index in [1.165, 1.54) is 12.5 Å². The van der Waals surface area contributed by atoms with Crippen molar-refractivity contribution in [3.8, 4) is 5.75 Å². The Morgan fingerprint density at radius 2 is 1.62 bits per heavy atom. The standard InChI is InChI=1S/C15H21F3O4S2/c1-23(2,22-24(19,20)15(16,17)18)14-11-7-6-10-13(14)21-12-8-4-3-5-9-12/h6-7,10-12H,3-5,8-9H2,1-2H3. The Balaban J connectivity index is 2.26. The second-order valence-corrected chi connectivity index (χ2v) is 10.8. The summed E-state index contributed by atoms with van der Waals surface area (Å²) in [5.74, 6) is 0.391. The van der Waals surface area contributed by atoms with Gasteiger partial charge in [-0.3, -0.25) is 0 Å². The van der Waals surface area contributed by atoms with Crippen molar-refractivity contribution < 1.29 is 30.0 Å². The zero-order valence-electron chi connectivity index (χ0n) is 13.5. The number of hydrogen-bond donors (Lipinski definition) is 0. The van der Waals surface area contributed by atoms with E-state index in [4.69, 9.17) is 4.74 Å². The monoisotopic (exact) mass is 386 g/mol. The van der Waals surface area contributed by atoms with Gasteiger partial charge in [-0.25, -0.2) is 3.63 Å². The minimum absolute atomic E-state index is 0.00526. The van der Waals surface area contributed by atoms with Gasteiger partial charge < -0.3 is 4.74 Å². The molecule has 1 aliphatic carbocycles. The molecule has 138 valence electrons. The van der Waals surface area contributed by atoms with Crippen LogP contribution in [0.25, 0.3) is 0 Å². The summed E-state index contributed by atoms with van der Waals surface area (Å²) in [5, 5.41) is 0. The summed E-state index contributed by atoms with van der Waals surface area (Å²) in [6.07, 6.45) is 7.71. The lowest BCUT2D eigenvalue weighted by Gasteiger charge is -2.33. The molecule has 1 fully saturated rings. The topological polar surface area (TPSA) is 52.6 Å². The first-order valence-corrected chi connectivity index (χ1v) is 11.3. The Hall–Kier alpha value is -0.930. The quantitative estimate of drug-likeness (QED) is 0.694. The maximum absolute atomic E-state index is 12.6. The molecule has 0 aliphatic heterocycles. The van der Waals surface area contributed by atoms with Gasteiger partial charge in [-0.2, -0.15) is 21.6 Å². The molecule has 4 nitrogen and oxygen atoms in total. The molecule has 1 saturated carbocycles. The summed E-state index contributed by atoms with van der Waals surface area (Å²) in [6, 6.07) is 6.53. The summed E-state index contributed by atoms with van der Waals surface area (Å²) < 4.78 is 71.1. The van der Waals surface area contributed by atoms with Crippen LogP contribution in [0.15, 0.2) is 29.2 Å². The molecule has 9 heteroatoms. The molecule has 0 radical (unpaired) electrons. The summed E-state index contributed by atoms with van der Waals surface area (Å²) in [4.78, 5) is 0.350. The van der Waals surface area contributed by atoms with Crippen molar-refractivity contribution in [2.45, 2.75) is 48.6 Å². The fourth-order valence-electron chi connectivity index (χ4n) is 2.62. The maximum Gasteiger partial charge on any atom is 0.523 e. The summed E-state index contributed by atoms with van der Waals surface area (Å²) in [6.45, 7) is 0. The largest absolute Gasteiger partial charge is 0.523 e. The van der Waals surface area contributed by atoms with Crippen LogP contribution in [0.1, 0.15) is 32.1 Å². The molecule has 0 saturated heterocycles. The second kappa shape index (κ2) is 7.13. The third-order valence-electron chi connectivity index (χ3n) is 3.77. The number of ether oxygens (including phenoxy) is 1. The molecule has 0 unspecified atom stereocenters. The molecule has 0 amide bonds. The molecule has 0 bridgehead atoms. The van der Waals surface area contributed by atoms with Crippen LogP contribution in [0.2, 0.25) is 0 Å². The molecule has 1 aromatic carbocycles. The lowest BCUT2D eigenvalue weighted by atomic mass is 9.98. The van der Waals surface area contributed by atoms with E-state index in [-0.39, 0.29) is 6.10 Å². The summed E-state index contributed by atoms with van der Waals surface area (Å²) >= 11 is 0. The predicted molar refractivity (Wildman–Crippen MR) is 87.7 cm³/mol. The average Bonchev–Trinajstić information content (AvgIpc) is 2.46. The number of para-hydroxylation sites is 1. The van der Waals surface area contributed by atoms with E-state index in [1.54, 1.807) is 24.3 Å². The Morgan fingerprint density at radius 1 is 1.04 bits per heavy atom. The van der Waals surface area contributed by atoms with Crippen LogP contribution in [-0.4, -0.2) is 32.5 Å². The van der Waals surface area contributed by atoms with Crippen LogP contribution >= 0.6 is 10.3 Å². The lowest BCUT2D eigenvalue weighted by molar-refractivity contribution is -0.0496. The van der Waals surface area contributed by atoms with Crippen molar-refractivity contribution in [2.24, 2.45) is 0 Å². The van der Waals surface area contributed by atoms with Gasteiger partial charge in [-0.15, -0.1) is 0 Å². The zero-order valence-corrected chi connectivity index (χ0v) is 15.1. The van der Waals surface area contributed by atoms with E-state index < -0.39 is 25.9 Å². The normalized spacial score (nSPS) is 18.4. The predicted octanol–water partition coefficient (Wildman–Crippen LogP) is 4.60.